The van der Waals surface area contributed by atoms with Crippen LogP contribution in [0.5, 0.6) is 0 Å². The molecule has 0 spiro atoms. The lowest BCUT2D eigenvalue weighted by atomic mass is 10.3. The van der Waals surface area contributed by atoms with E-state index in [0.29, 0.717) is 23.1 Å². The second kappa shape index (κ2) is 7.98. The molecular formula is C17H18FN5OS. The molecule has 0 saturated heterocycles. The van der Waals surface area contributed by atoms with Gasteiger partial charge in [0.15, 0.2) is 5.16 Å². The molecule has 8 heteroatoms. The zero-order chi connectivity index (χ0) is 17.6. The van der Waals surface area contributed by atoms with Gasteiger partial charge in [0.2, 0.25) is 0 Å². The Balaban J connectivity index is 1.69. The molecule has 0 aliphatic carbocycles. The van der Waals surface area contributed by atoms with Gasteiger partial charge in [-0.05, 0) is 36.9 Å². The number of nitrogens with one attached hydrogen (secondary N) is 1. The Kier molecular flexibility index (Phi) is 5.49. The fraction of sp³-hybridized carbons (Fsp3) is 0.235. The fourth-order valence-corrected chi connectivity index (χ4v) is 3.00. The first kappa shape index (κ1) is 17.2. The minimum atomic E-state index is -0.319. The third-order valence-electron chi connectivity index (χ3n) is 3.67. The SMILES string of the molecule is CSc1ncc(C(=O)NCCCn2ccnc2)n1-c1ccc(F)cc1. The van der Waals surface area contributed by atoms with Gasteiger partial charge in [0.05, 0.1) is 12.5 Å². The number of hydrogen-bond acceptors (Lipinski definition) is 4. The molecule has 0 atom stereocenters. The van der Waals surface area contributed by atoms with E-state index in [1.54, 1.807) is 35.4 Å². The van der Waals surface area contributed by atoms with E-state index in [0.717, 1.165) is 13.0 Å². The molecule has 1 amide bonds. The highest BCUT2D eigenvalue weighted by Gasteiger charge is 2.17. The van der Waals surface area contributed by atoms with Crippen molar-refractivity contribution in [3.63, 3.8) is 0 Å². The van der Waals surface area contributed by atoms with Crippen LogP contribution in [0.25, 0.3) is 5.69 Å². The molecule has 25 heavy (non-hydrogen) atoms. The van der Waals surface area contributed by atoms with Crippen LogP contribution in [0.2, 0.25) is 0 Å². The van der Waals surface area contributed by atoms with Crippen LogP contribution in [0.15, 0.2) is 54.3 Å². The lowest BCUT2D eigenvalue weighted by molar-refractivity contribution is 0.0945. The number of carbonyl (C=O) groups is 1. The number of benzene rings is 1. The van der Waals surface area contributed by atoms with Crippen molar-refractivity contribution in [1.29, 1.82) is 0 Å². The molecule has 0 aliphatic rings. The molecule has 1 N–H and O–H groups in total. The molecule has 6 nitrogen and oxygen atoms in total. The van der Waals surface area contributed by atoms with Gasteiger partial charge < -0.3 is 9.88 Å². The first-order valence-electron chi connectivity index (χ1n) is 7.80. The molecule has 3 aromatic rings. The summed E-state index contributed by atoms with van der Waals surface area (Å²) >= 11 is 1.43. The lowest BCUT2D eigenvalue weighted by Crippen LogP contribution is -2.27. The van der Waals surface area contributed by atoms with Crippen LogP contribution < -0.4 is 5.32 Å². The third kappa shape index (κ3) is 4.08. The maximum Gasteiger partial charge on any atom is 0.269 e. The summed E-state index contributed by atoms with van der Waals surface area (Å²) in [5, 5.41) is 3.58. The molecule has 0 aliphatic heterocycles. The van der Waals surface area contributed by atoms with Crippen LogP contribution in [-0.4, -0.2) is 37.8 Å². The second-order valence-electron chi connectivity index (χ2n) is 5.35. The highest BCUT2D eigenvalue weighted by molar-refractivity contribution is 7.98. The quantitative estimate of drug-likeness (QED) is 0.520. The Morgan fingerprint density at radius 2 is 2.12 bits per heavy atom. The largest absolute Gasteiger partial charge is 0.351 e. The van der Waals surface area contributed by atoms with Crippen molar-refractivity contribution < 1.29 is 9.18 Å². The Labute approximate surface area is 149 Å². The minimum Gasteiger partial charge on any atom is -0.351 e. The molecule has 3 rings (SSSR count). The van der Waals surface area contributed by atoms with Crippen LogP contribution in [0.4, 0.5) is 4.39 Å². The summed E-state index contributed by atoms with van der Waals surface area (Å²) in [6.45, 7) is 1.33. The zero-order valence-electron chi connectivity index (χ0n) is 13.7. The molecular weight excluding hydrogens is 341 g/mol. The lowest BCUT2D eigenvalue weighted by Gasteiger charge is -2.11. The monoisotopic (exact) mass is 359 g/mol. The van der Waals surface area contributed by atoms with Crippen molar-refractivity contribution in [2.75, 3.05) is 12.8 Å². The molecule has 130 valence electrons. The molecule has 2 heterocycles. The average molecular weight is 359 g/mol. The third-order valence-corrected chi connectivity index (χ3v) is 4.32. The van der Waals surface area contributed by atoms with Gasteiger partial charge in [-0.15, -0.1) is 0 Å². The number of amides is 1. The molecule has 2 aromatic heterocycles. The number of nitrogens with zero attached hydrogens (tertiary/aromatic N) is 4. The zero-order valence-corrected chi connectivity index (χ0v) is 14.5. The average Bonchev–Trinajstić information content (AvgIpc) is 3.28. The van der Waals surface area contributed by atoms with Crippen LogP contribution in [0, 0.1) is 5.82 Å². The van der Waals surface area contributed by atoms with Crippen LogP contribution in [0.3, 0.4) is 0 Å². The summed E-state index contributed by atoms with van der Waals surface area (Å²) in [6.07, 6.45) is 9.58. The number of aromatic nitrogens is 4. The minimum absolute atomic E-state index is 0.206. The Morgan fingerprint density at radius 1 is 1.32 bits per heavy atom. The number of aryl methyl sites for hydroxylation is 1. The maximum absolute atomic E-state index is 13.2. The fourth-order valence-electron chi connectivity index (χ4n) is 2.45. The van der Waals surface area contributed by atoms with Crippen LogP contribution in [-0.2, 0) is 6.54 Å². The topological polar surface area (TPSA) is 64.7 Å². The van der Waals surface area contributed by atoms with E-state index < -0.39 is 0 Å². The highest BCUT2D eigenvalue weighted by Crippen LogP contribution is 2.22. The van der Waals surface area contributed by atoms with E-state index in [4.69, 9.17) is 0 Å². The standard InChI is InChI=1S/C17H18FN5OS/c1-25-17-21-11-15(23(17)14-5-3-13(18)4-6-14)16(24)20-7-2-9-22-10-8-19-12-22/h3-6,8,10-12H,2,7,9H2,1H3,(H,20,24). The number of halogens is 1. The van der Waals surface area contributed by atoms with E-state index >= 15 is 0 Å². The van der Waals surface area contributed by atoms with E-state index in [1.165, 1.54) is 23.9 Å². The molecule has 0 radical (unpaired) electrons. The molecule has 1 aromatic carbocycles. The van der Waals surface area contributed by atoms with Gasteiger partial charge in [0.1, 0.15) is 11.5 Å². The van der Waals surface area contributed by atoms with Gasteiger partial charge in [0, 0.05) is 31.2 Å². The molecule has 0 fully saturated rings. The van der Waals surface area contributed by atoms with Gasteiger partial charge in [-0.2, -0.15) is 0 Å². The molecule has 0 saturated carbocycles. The predicted molar refractivity (Wildman–Crippen MR) is 94.5 cm³/mol. The summed E-state index contributed by atoms with van der Waals surface area (Å²) in [5.41, 5.74) is 1.13. The Bertz CT molecular complexity index is 829. The van der Waals surface area contributed by atoms with E-state index in [1.807, 2.05) is 17.0 Å². The smallest absolute Gasteiger partial charge is 0.269 e. The van der Waals surface area contributed by atoms with Crippen LogP contribution >= 0.6 is 11.8 Å². The summed E-state index contributed by atoms with van der Waals surface area (Å²) in [4.78, 5) is 20.8. The first-order valence-corrected chi connectivity index (χ1v) is 9.03. The number of thioether (sulfide) groups is 1. The number of carbonyl (C=O) groups excluding carboxylic acids is 1. The summed E-state index contributed by atoms with van der Waals surface area (Å²) in [7, 11) is 0. The number of rotatable bonds is 7. The van der Waals surface area contributed by atoms with Crippen molar-refractivity contribution >= 4 is 17.7 Å². The normalized spacial score (nSPS) is 10.8. The first-order chi connectivity index (χ1) is 12.2. The summed E-state index contributed by atoms with van der Waals surface area (Å²) < 4.78 is 16.9. The van der Waals surface area contributed by atoms with Crippen LogP contribution in [0.1, 0.15) is 16.9 Å². The number of hydrogen-bond donors (Lipinski definition) is 1. The van der Waals surface area contributed by atoms with E-state index in [9.17, 15) is 9.18 Å². The van der Waals surface area contributed by atoms with Gasteiger partial charge in [-0.25, -0.2) is 14.4 Å². The van der Waals surface area contributed by atoms with Crippen molar-refractivity contribution in [2.45, 2.75) is 18.1 Å². The van der Waals surface area contributed by atoms with E-state index in [-0.39, 0.29) is 11.7 Å². The highest BCUT2D eigenvalue weighted by atomic mass is 32.2. The van der Waals surface area contributed by atoms with Gasteiger partial charge in [0.25, 0.3) is 5.91 Å². The summed E-state index contributed by atoms with van der Waals surface area (Å²) in [5.74, 6) is -0.525. The maximum atomic E-state index is 13.2. The Morgan fingerprint density at radius 3 is 2.80 bits per heavy atom. The van der Waals surface area contributed by atoms with Gasteiger partial charge >= 0.3 is 0 Å². The van der Waals surface area contributed by atoms with Crippen molar-refractivity contribution in [3.8, 4) is 5.69 Å². The number of imidazole rings is 2. The summed E-state index contributed by atoms with van der Waals surface area (Å²) in [6, 6.07) is 6.00. The van der Waals surface area contributed by atoms with Crippen molar-refractivity contribution in [2.24, 2.45) is 0 Å². The van der Waals surface area contributed by atoms with Gasteiger partial charge in [-0.3, -0.25) is 9.36 Å². The molecule has 0 bridgehead atoms. The molecule has 0 unspecified atom stereocenters. The Hall–Kier alpha value is -2.61. The van der Waals surface area contributed by atoms with Crippen molar-refractivity contribution in [3.05, 3.63) is 60.7 Å². The van der Waals surface area contributed by atoms with Gasteiger partial charge in [-0.1, -0.05) is 11.8 Å². The van der Waals surface area contributed by atoms with Crippen molar-refractivity contribution in [1.82, 2.24) is 24.4 Å². The second-order valence-corrected chi connectivity index (χ2v) is 6.13. The predicted octanol–water partition coefficient (Wildman–Crippen LogP) is 2.75. The van der Waals surface area contributed by atoms with E-state index in [2.05, 4.69) is 15.3 Å².